The fraction of sp³-hybridized carbons (Fsp3) is 0.381. The third kappa shape index (κ3) is 12.2. The van der Waals surface area contributed by atoms with Crippen LogP contribution in [0.3, 0.4) is 0 Å². The maximum Gasteiger partial charge on any atom is 0.224 e. The minimum atomic E-state index is -0.449. The normalized spacial score (nSPS) is 13.9. The van der Waals surface area contributed by atoms with E-state index in [2.05, 4.69) is 31.1 Å². The molecule has 3 heterocycles. The van der Waals surface area contributed by atoms with Crippen molar-refractivity contribution in [1.29, 1.82) is 5.53 Å². The van der Waals surface area contributed by atoms with E-state index in [-0.39, 0.29) is 36.6 Å². The second-order valence-corrected chi connectivity index (χ2v) is 14.8. The van der Waals surface area contributed by atoms with Crippen molar-refractivity contribution in [3.8, 4) is 27.5 Å². The number of rotatable bonds is 23. The van der Waals surface area contributed by atoms with Gasteiger partial charge in [-0.3, -0.25) is 14.4 Å². The van der Waals surface area contributed by atoms with Gasteiger partial charge in [0.15, 0.2) is 11.6 Å². The summed E-state index contributed by atoms with van der Waals surface area (Å²) < 4.78 is 28.7. The summed E-state index contributed by atoms with van der Waals surface area (Å²) in [6, 6.07) is 20.2. The number of carbonyl (C=O) groups excluding carboxylic acids is 3. The van der Waals surface area contributed by atoms with Gasteiger partial charge in [-0.1, -0.05) is 46.8 Å². The number of piperidine rings is 1. The van der Waals surface area contributed by atoms with Crippen molar-refractivity contribution in [3.05, 3.63) is 89.1 Å². The highest BCUT2D eigenvalue weighted by Gasteiger charge is 2.24. The third-order valence-electron chi connectivity index (χ3n) is 9.88. The van der Waals surface area contributed by atoms with E-state index in [9.17, 15) is 14.4 Å². The van der Waals surface area contributed by atoms with E-state index in [1.807, 2.05) is 65.9 Å². The van der Waals surface area contributed by atoms with Gasteiger partial charge < -0.3 is 44.7 Å². The average Bonchev–Trinajstić information content (AvgIpc) is 3.90. The molecule has 1 fully saturated rings. The molecule has 3 aromatic carbocycles. The molecule has 5 N–H and O–H groups in total. The number of amides is 3. The van der Waals surface area contributed by atoms with E-state index in [1.54, 1.807) is 29.5 Å². The Morgan fingerprint density at radius 1 is 1.00 bits per heavy atom. The number of carbonyl (C=O) groups is 3. The van der Waals surface area contributed by atoms with E-state index >= 15 is 0 Å². The number of hydrogen-bond acceptors (Lipinski definition) is 13. The second-order valence-electron chi connectivity index (χ2n) is 13.9. The number of fused-ring (bicyclic) bond motifs is 1. The van der Waals surface area contributed by atoms with Gasteiger partial charge in [-0.25, -0.2) is 4.98 Å². The number of hydrogen-bond donors (Lipinski definition) is 4. The molecule has 1 unspecified atom stereocenters. The van der Waals surface area contributed by atoms with Crippen molar-refractivity contribution < 1.29 is 37.9 Å². The molecule has 17 nitrogen and oxygen atoms in total. The van der Waals surface area contributed by atoms with Crippen LogP contribution < -0.4 is 21.1 Å². The van der Waals surface area contributed by atoms with Gasteiger partial charge >= 0.3 is 0 Å². The molecule has 0 saturated carbocycles. The van der Waals surface area contributed by atoms with Gasteiger partial charge in [0.2, 0.25) is 18.2 Å². The van der Waals surface area contributed by atoms with Crippen molar-refractivity contribution in [1.82, 2.24) is 25.7 Å². The lowest BCUT2D eigenvalue weighted by molar-refractivity contribution is -0.134. The third-order valence-corrected chi connectivity index (χ3v) is 10.9. The van der Waals surface area contributed by atoms with Crippen LogP contribution in [0.5, 0.6) is 5.75 Å². The lowest BCUT2D eigenvalue weighted by Crippen LogP contribution is -2.42. The fourth-order valence-electron chi connectivity index (χ4n) is 6.73. The first-order valence-electron chi connectivity index (χ1n) is 19.7. The number of aromatic nitrogens is 2. The number of ether oxygens (including phenoxy) is 4. The second kappa shape index (κ2) is 22.3. The molecule has 0 aliphatic carbocycles. The molecule has 2 aromatic heterocycles. The van der Waals surface area contributed by atoms with E-state index in [0.717, 1.165) is 32.6 Å². The zero-order chi connectivity index (χ0) is 42.1. The first kappa shape index (κ1) is 43.5. The van der Waals surface area contributed by atoms with Gasteiger partial charge in [0.05, 0.1) is 80.0 Å². The fourth-order valence-corrected chi connectivity index (χ4v) is 7.54. The van der Waals surface area contributed by atoms with Crippen LogP contribution in [-0.4, -0.2) is 104 Å². The molecule has 18 heteroatoms. The summed E-state index contributed by atoms with van der Waals surface area (Å²) in [6.45, 7) is 5.57. The quantitative estimate of drug-likeness (QED) is 0.0163. The molecule has 1 aliphatic heterocycles. The predicted octanol–water partition coefficient (Wildman–Crippen LogP) is 5.38. The maximum atomic E-state index is 12.8. The van der Waals surface area contributed by atoms with Crippen LogP contribution >= 0.6 is 11.3 Å². The summed E-state index contributed by atoms with van der Waals surface area (Å²) in [5.41, 5.74) is 19.6. The highest BCUT2D eigenvalue weighted by atomic mass is 32.1. The molecule has 1 aliphatic rings. The van der Waals surface area contributed by atoms with Crippen LogP contribution in [0, 0.1) is 12.5 Å². The molecule has 5 aromatic rings. The van der Waals surface area contributed by atoms with Gasteiger partial charge in [0.25, 0.3) is 0 Å². The minimum Gasteiger partial charge on any atom is -0.490 e. The molecule has 6 rings (SSSR count). The Labute approximate surface area is 351 Å². The molecule has 316 valence electrons. The molecule has 0 bridgehead atoms. The average molecular weight is 840 g/mol. The smallest absolute Gasteiger partial charge is 0.224 e. The van der Waals surface area contributed by atoms with Gasteiger partial charge in [-0.15, -0.1) is 16.4 Å². The monoisotopic (exact) mass is 839 g/mol. The number of nitrogens with one attached hydrogen (secondary N) is 3. The van der Waals surface area contributed by atoms with Gasteiger partial charge in [-0.2, -0.15) is 5.53 Å². The molecule has 1 saturated heterocycles. The number of likely N-dealkylation sites (tertiary alicyclic amines) is 1. The number of amidine groups is 1. The number of benzene rings is 3. The molecular weight excluding hydrogens is 791 g/mol. The highest BCUT2D eigenvalue weighted by Crippen LogP contribution is 2.33. The van der Waals surface area contributed by atoms with Crippen molar-refractivity contribution in [2.45, 2.75) is 44.8 Å². The summed E-state index contributed by atoms with van der Waals surface area (Å²) in [5.74, 6) is 1.22. The molecule has 3 amide bonds. The summed E-state index contributed by atoms with van der Waals surface area (Å²) in [7, 11) is 0. The van der Waals surface area contributed by atoms with Crippen LogP contribution in [0.1, 0.15) is 48.5 Å². The molecule has 0 radical (unpaired) electrons. The van der Waals surface area contributed by atoms with Crippen LogP contribution in [0.15, 0.2) is 87.1 Å². The SMILES string of the molecule is Cc1ncsc1-c1ccc(C(CC(=O)NCCOCCOCCOCCC(=O)N2CCC(Oc3cccc(-c4onc5ccc(C(N)=NN=N)cc45)c3)CC2)NC=O)cc1. The minimum absolute atomic E-state index is 0.0399. The van der Waals surface area contributed by atoms with Crippen LogP contribution in [0.4, 0.5) is 0 Å². The van der Waals surface area contributed by atoms with Crippen molar-refractivity contribution in [3.63, 3.8) is 0 Å². The largest absolute Gasteiger partial charge is 0.490 e. The number of nitrogens with zero attached hydrogens (tertiary/aromatic N) is 5. The Morgan fingerprint density at radius 3 is 2.47 bits per heavy atom. The van der Waals surface area contributed by atoms with Gasteiger partial charge in [0.1, 0.15) is 17.4 Å². The van der Waals surface area contributed by atoms with Gasteiger partial charge in [-0.05, 0) is 48.4 Å². The standard InChI is InChI=1S/C42H49N9O8S/c1-28-41(60-27-47-28)30-7-5-29(6-8-30)37(46-26-52)25-38(53)45-14-18-56-20-22-57-21-19-55-17-13-39(54)51-15-11-33(12-16-51)58-34-4-2-3-31(23-34)40-35-24-32(42(43)48-50-44)9-10-36(35)49-59-40/h2-10,23-24,26-27,33,37H,11-22,25H2,1H3,(H,45,53)(H,46,52)(H3,43,44,48). The zero-order valence-electron chi connectivity index (χ0n) is 33.3. The first-order chi connectivity index (χ1) is 29.3. The molecule has 1 atom stereocenters. The predicted molar refractivity (Wildman–Crippen MR) is 224 cm³/mol. The molecule has 0 spiro atoms. The Bertz CT molecular complexity index is 2220. The van der Waals surface area contributed by atoms with Crippen LogP contribution in [0.2, 0.25) is 0 Å². The number of nitrogens with two attached hydrogens (primary N) is 1. The van der Waals surface area contributed by atoms with Crippen molar-refractivity contribution >= 4 is 46.3 Å². The van der Waals surface area contributed by atoms with Crippen LogP contribution in [-0.2, 0) is 28.6 Å². The topological polar surface area (TPSA) is 229 Å². The van der Waals surface area contributed by atoms with E-state index < -0.39 is 6.04 Å². The maximum absolute atomic E-state index is 12.8. The summed E-state index contributed by atoms with van der Waals surface area (Å²) >= 11 is 1.57. The van der Waals surface area contributed by atoms with E-state index in [0.29, 0.717) is 101 Å². The highest BCUT2D eigenvalue weighted by molar-refractivity contribution is 7.13. The zero-order valence-corrected chi connectivity index (χ0v) is 34.2. The molecular formula is C42H49N9O8S. The first-order valence-corrected chi connectivity index (χ1v) is 20.6. The van der Waals surface area contributed by atoms with E-state index in [4.69, 9.17) is 34.7 Å². The Kier molecular flexibility index (Phi) is 16.2. The summed E-state index contributed by atoms with van der Waals surface area (Å²) in [6.07, 6.45) is 2.36. The summed E-state index contributed by atoms with van der Waals surface area (Å²) in [5, 5.41) is 17.1. The lowest BCUT2D eigenvalue weighted by atomic mass is 10.0. The Hall–Kier alpha value is -6.08. The van der Waals surface area contributed by atoms with Crippen molar-refractivity contribution in [2.75, 3.05) is 59.3 Å². The molecule has 60 heavy (non-hydrogen) atoms. The Morgan fingerprint density at radius 2 is 1.75 bits per heavy atom. The van der Waals surface area contributed by atoms with Crippen LogP contribution in [0.25, 0.3) is 32.7 Å². The number of thiazole rings is 1. The van der Waals surface area contributed by atoms with Crippen molar-refractivity contribution in [2.24, 2.45) is 16.1 Å². The lowest BCUT2D eigenvalue weighted by Gasteiger charge is -2.32. The summed E-state index contributed by atoms with van der Waals surface area (Å²) in [4.78, 5) is 43.8. The van der Waals surface area contributed by atoms with E-state index in [1.165, 1.54) is 0 Å². The van der Waals surface area contributed by atoms with Gasteiger partial charge in [0, 0.05) is 43.6 Å². The number of aryl methyl sites for hydroxylation is 1. The Balaban J connectivity index is 0.789.